The second kappa shape index (κ2) is 6.96. The third kappa shape index (κ3) is 3.01. The molecule has 1 saturated heterocycles. The van der Waals surface area contributed by atoms with Gasteiger partial charge in [0.05, 0.1) is 30.6 Å². The van der Waals surface area contributed by atoms with Crippen LogP contribution in [0.4, 0.5) is 0 Å². The summed E-state index contributed by atoms with van der Waals surface area (Å²) in [5.41, 5.74) is 2.20. The molecule has 2 atom stereocenters. The van der Waals surface area contributed by atoms with Gasteiger partial charge in [-0.05, 0) is 62.5 Å². The second-order valence-corrected chi connectivity index (χ2v) is 7.15. The number of furan rings is 1. The van der Waals surface area contributed by atoms with Gasteiger partial charge in [-0.25, -0.2) is 0 Å². The molecule has 3 aromatic rings. The zero-order valence-electron chi connectivity index (χ0n) is 14.9. The van der Waals surface area contributed by atoms with E-state index in [1.165, 1.54) is 5.69 Å². The molecule has 4 rings (SSSR count). The normalized spacial score (nSPS) is 20.0. The van der Waals surface area contributed by atoms with Crippen molar-refractivity contribution in [3.05, 3.63) is 78.3 Å². The van der Waals surface area contributed by atoms with E-state index in [1.54, 1.807) is 6.26 Å². The Balaban J connectivity index is 1.77. The lowest BCUT2D eigenvalue weighted by Gasteiger charge is -2.29. The molecule has 0 aromatic carbocycles. The van der Waals surface area contributed by atoms with Gasteiger partial charge >= 0.3 is 0 Å². The first-order valence-electron chi connectivity index (χ1n) is 8.82. The van der Waals surface area contributed by atoms with Crippen molar-refractivity contribution in [2.24, 2.45) is 0 Å². The predicted octanol–water partition coefficient (Wildman–Crippen LogP) is 4.23. The van der Waals surface area contributed by atoms with Crippen LogP contribution in [0.1, 0.15) is 49.1 Å². The van der Waals surface area contributed by atoms with Crippen LogP contribution in [0.25, 0.3) is 0 Å². The molecule has 1 aliphatic rings. The van der Waals surface area contributed by atoms with E-state index in [9.17, 15) is 0 Å². The largest absolute Gasteiger partial charge is 0.467 e. The van der Waals surface area contributed by atoms with Crippen molar-refractivity contribution >= 4 is 17.3 Å². The Morgan fingerprint density at radius 1 is 1.19 bits per heavy atom. The second-order valence-electron chi connectivity index (χ2n) is 6.77. The van der Waals surface area contributed by atoms with Crippen LogP contribution in [-0.4, -0.2) is 19.6 Å². The van der Waals surface area contributed by atoms with Gasteiger partial charge in [0, 0.05) is 24.1 Å². The lowest BCUT2D eigenvalue weighted by Crippen LogP contribution is -2.30. The lowest BCUT2D eigenvalue weighted by atomic mass is 10.0. The van der Waals surface area contributed by atoms with Crippen LogP contribution in [-0.2, 0) is 6.54 Å². The van der Waals surface area contributed by atoms with Crippen molar-refractivity contribution in [1.82, 2.24) is 19.8 Å². The van der Waals surface area contributed by atoms with Crippen LogP contribution in [0, 0.1) is 0 Å². The van der Waals surface area contributed by atoms with E-state index >= 15 is 0 Å². The maximum Gasteiger partial charge on any atom is 0.170 e. The Morgan fingerprint density at radius 3 is 2.77 bits per heavy atom. The fraction of sp³-hybridized carbons (Fsp3) is 0.300. The summed E-state index contributed by atoms with van der Waals surface area (Å²) >= 11 is 5.69. The monoisotopic (exact) mass is 366 g/mol. The standard InChI is InChI=1S/C20H22N4OS/c1-14(2)23-11-5-9-17(23)19-18(16-8-3-4-10-21-16)22-20(26)24(19)13-15-7-6-12-25-15/h3-12,14,18-19H,13H2,1-2H3,(H,22,26)/t18-,19-/m0/s1. The number of hydrogen-bond donors (Lipinski definition) is 1. The molecular weight excluding hydrogens is 344 g/mol. The average Bonchev–Trinajstić information content (AvgIpc) is 3.37. The van der Waals surface area contributed by atoms with E-state index in [1.807, 2.05) is 36.5 Å². The molecule has 0 aliphatic carbocycles. The molecule has 6 heteroatoms. The Morgan fingerprint density at radius 2 is 2.08 bits per heavy atom. The summed E-state index contributed by atoms with van der Waals surface area (Å²) < 4.78 is 7.87. The van der Waals surface area contributed by atoms with Gasteiger partial charge in [-0.1, -0.05) is 6.07 Å². The summed E-state index contributed by atoms with van der Waals surface area (Å²) in [5, 5.41) is 4.20. The summed E-state index contributed by atoms with van der Waals surface area (Å²) in [6, 6.07) is 14.5. The molecule has 3 aromatic heterocycles. The van der Waals surface area contributed by atoms with Crippen LogP contribution in [0.15, 0.2) is 65.5 Å². The smallest absolute Gasteiger partial charge is 0.170 e. The Labute approximate surface area is 158 Å². The SMILES string of the molecule is CC(C)n1cccc1[C@H]1[C@H](c2ccccn2)NC(=S)N1Cc1ccco1. The highest BCUT2D eigenvalue weighted by Gasteiger charge is 2.41. The summed E-state index contributed by atoms with van der Waals surface area (Å²) in [6.45, 7) is 5.00. The van der Waals surface area contributed by atoms with Gasteiger partial charge in [0.2, 0.25) is 0 Å². The van der Waals surface area contributed by atoms with E-state index in [-0.39, 0.29) is 12.1 Å². The van der Waals surface area contributed by atoms with Crippen LogP contribution in [0.2, 0.25) is 0 Å². The Bertz CT molecular complexity index is 872. The molecule has 0 bridgehead atoms. The highest BCUT2D eigenvalue weighted by molar-refractivity contribution is 7.80. The van der Waals surface area contributed by atoms with Crippen molar-refractivity contribution < 1.29 is 4.42 Å². The van der Waals surface area contributed by atoms with Crippen LogP contribution >= 0.6 is 12.2 Å². The fourth-order valence-electron chi connectivity index (χ4n) is 3.60. The molecule has 0 spiro atoms. The molecule has 1 fully saturated rings. The van der Waals surface area contributed by atoms with Gasteiger partial charge in [0.15, 0.2) is 5.11 Å². The third-order valence-corrected chi connectivity index (χ3v) is 5.13. The summed E-state index contributed by atoms with van der Waals surface area (Å²) in [4.78, 5) is 6.78. The highest BCUT2D eigenvalue weighted by Crippen LogP contribution is 2.40. The molecule has 4 heterocycles. The molecule has 0 amide bonds. The van der Waals surface area contributed by atoms with Crippen LogP contribution in [0.3, 0.4) is 0 Å². The third-order valence-electron chi connectivity index (χ3n) is 4.78. The van der Waals surface area contributed by atoms with Crippen LogP contribution < -0.4 is 5.32 Å². The van der Waals surface area contributed by atoms with Crippen molar-refractivity contribution in [2.45, 2.75) is 38.5 Å². The van der Waals surface area contributed by atoms with Gasteiger partial charge in [-0.3, -0.25) is 4.98 Å². The molecule has 26 heavy (non-hydrogen) atoms. The van der Waals surface area contributed by atoms with E-state index in [2.05, 4.69) is 51.9 Å². The van der Waals surface area contributed by atoms with Gasteiger partial charge in [0.1, 0.15) is 5.76 Å². The fourth-order valence-corrected chi connectivity index (χ4v) is 3.90. The van der Waals surface area contributed by atoms with Crippen molar-refractivity contribution in [3.8, 4) is 0 Å². The molecule has 5 nitrogen and oxygen atoms in total. The first kappa shape index (κ1) is 16.8. The first-order valence-corrected chi connectivity index (χ1v) is 9.23. The number of rotatable bonds is 5. The van der Waals surface area contributed by atoms with Crippen molar-refractivity contribution in [3.63, 3.8) is 0 Å². The molecule has 134 valence electrons. The lowest BCUT2D eigenvalue weighted by molar-refractivity contribution is 0.273. The number of nitrogens with zero attached hydrogens (tertiary/aromatic N) is 3. The minimum atomic E-state index is -0.00828. The highest BCUT2D eigenvalue weighted by atomic mass is 32.1. The molecule has 1 aliphatic heterocycles. The summed E-state index contributed by atoms with van der Waals surface area (Å²) in [5.74, 6) is 0.892. The van der Waals surface area contributed by atoms with E-state index in [4.69, 9.17) is 16.6 Å². The maximum absolute atomic E-state index is 5.69. The molecular formula is C20H22N4OS. The molecule has 0 saturated carbocycles. The maximum atomic E-state index is 5.69. The molecule has 0 radical (unpaired) electrons. The van der Waals surface area contributed by atoms with Gasteiger partial charge < -0.3 is 19.2 Å². The van der Waals surface area contributed by atoms with Crippen molar-refractivity contribution in [1.29, 1.82) is 0 Å². The number of pyridine rings is 1. The number of hydrogen-bond acceptors (Lipinski definition) is 3. The Hall–Kier alpha value is -2.60. The van der Waals surface area contributed by atoms with Gasteiger partial charge in [0.25, 0.3) is 0 Å². The number of thiocarbonyl (C=S) groups is 1. The van der Waals surface area contributed by atoms with Crippen molar-refractivity contribution in [2.75, 3.05) is 0 Å². The van der Waals surface area contributed by atoms with Crippen LogP contribution in [0.5, 0.6) is 0 Å². The van der Waals surface area contributed by atoms with E-state index in [0.717, 1.165) is 16.6 Å². The summed E-state index contributed by atoms with van der Waals surface area (Å²) in [7, 11) is 0. The summed E-state index contributed by atoms with van der Waals surface area (Å²) in [6.07, 6.45) is 5.65. The van der Waals surface area contributed by atoms with E-state index in [0.29, 0.717) is 12.6 Å². The van der Waals surface area contributed by atoms with Gasteiger partial charge in [-0.2, -0.15) is 0 Å². The van der Waals surface area contributed by atoms with E-state index < -0.39 is 0 Å². The Kier molecular flexibility index (Phi) is 4.51. The topological polar surface area (TPSA) is 46.2 Å². The average molecular weight is 366 g/mol. The molecule has 1 N–H and O–H groups in total. The zero-order chi connectivity index (χ0) is 18.1. The minimum Gasteiger partial charge on any atom is -0.467 e. The quantitative estimate of drug-likeness (QED) is 0.685. The zero-order valence-corrected chi connectivity index (χ0v) is 15.7. The predicted molar refractivity (Wildman–Crippen MR) is 105 cm³/mol. The van der Waals surface area contributed by atoms with Gasteiger partial charge in [-0.15, -0.1) is 0 Å². The minimum absolute atomic E-state index is 0.00828. The number of nitrogens with one attached hydrogen (secondary N) is 1. The first-order chi connectivity index (χ1) is 12.6. The molecule has 0 unspecified atom stereocenters. The number of aromatic nitrogens is 2.